The first-order valence-electron chi connectivity index (χ1n) is 14.3. The molecule has 0 spiro atoms. The van der Waals surface area contributed by atoms with Gasteiger partial charge in [0.2, 0.25) is 0 Å². The lowest BCUT2D eigenvalue weighted by Gasteiger charge is -2.41. The van der Waals surface area contributed by atoms with Crippen molar-refractivity contribution in [2.75, 3.05) is 23.8 Å². The zero-order chi connectivity index (χ0) is 32.8. The predicted molar refractivity (Wildman–Crippen MR) is 158 cm³/mol. The van der Waals surface area contributed by atoms with Gasteiger partial charge in [0.15, 0.2) is 9.84 Å². The summed E-state index contributed by atoms with van der Waals surface area (Å²) in [5.74, 6) is -0.706. The Morgan fingerprint density at radius 2 is 1.67 bits per heavy atom. The molecule has 1 aliphatic heterocycles. The lowest BCUT2D eigenvalue weighted by Crippen LogP contribution is -2.45. The molecule has 3 aromatic carbocycles. The molecule has 0 aromatic heterocycles. The van der Waals surface area contributed by atoms with Gasteiger partial charge in [0.25, 0.3) is 5.91 Å². The van der Waals surface area contributed by atoms with Crippen LogP contribution in [0.5, 0.6) is 0 Å². The molecule has 1 unspecified atom stereocenters. The molecule has 1 amide bonds. The Bertz CT molecular complexity index is 1590. The molecule has 1 aliphatic rings. The predicted octanol–water partition coefficient (Wildman–Crippen LogP) is 6.88. The van der Waals surface area contributed by atoms with Crippen molar-refractivity contribution in [3.05, 3.63) is 95.1 Å². The third kappa shape index (κ3) is 8.58. The van der Waals surface area contributed by atoms with Gasteiger partial charge in [-0.15, -0.1) is 0 Å². The van der Waals surface area contributed by atoms with E-state index in [0.717, 1.165) is 12.1 Å². The third-order valence-corrected chi connectivity index (χ3v) is 9.66. The minimum Gasteiger partial charge on any atom is -0.366 e. The fourth-order valence-corrected chi connectivity index (χ4v) is 6.26. The van der Waals surface area contributed by atoms with Crippen molar-refractivity contribution < 1.29 is 39.9 Å². The van der Waals surface area contributed by atoms with Gasteiger partial charge in [-0.2, -0.15) is 27.2 Å². The SMILES string of the molecule is CCS(=O)(=O)c1ccc([C@H](CC#N)NC(=O)c2ccc(N3CC(c4ccc(C(F)(F)F)cc4)CC[C@H]3COC(F)F)cc2)cc1. The Morgan fingerprint density at radius 1 is 1.02 bits per heavy atom. The summed E-state index contributed by atoms with van der Waals surface area (Å²) in [7, 11) is -3.41. The number of nitrogens with zero attached hydrogens (tertiary/aromatic N) is 2. The van der Waals surface area contributed by atoms with Crippen LogP contribution in [0.15, 0.2) is 77.7 Å². The van der Waals surface area contributed by atoms with E-state index in [-0.39, 0.29) is 35.2 Å². The number of sulfone groups is 1. The van der Waals surface area contributed by atoms with E-state index in [1.54, 1.807) is 36.4 Å². The van der Waals surface area contributed by atoms with E-state index < -0.39 is 46.2 Å². The van der Waals surface area contributed by atoms with Gasteiger partial charge in [-0.3, -0.25) is 4.79 Å². The second-order valence-electron chi connectivity index (χ2n) is 10.7. The smallest absolute Gasteiger partial charge is 0.366 e. The van der Waals surface area contributed by atoms with Crippen molar-refractivity contribution in [2.24, 2.45) is 0 Å². The highest BCUT2D eigenvalue weighted by atomic mass is 32.2. The quantitative estimate of drug-likeness (QED) is 0.228. The van der Waals surface area contributed by atoms with Crippen LogP contribution in [0.25, 0.3) is 0 Å². The van der Waals surface area contributed by atoms with Crippen molar-refractivity contribution >= 4 is 21.4 Å². The maximum absolute atomic E-state index is 13.1. The maximum Gasteiger partial charge on any atom is 0.416 e. The summed E-state index contributed by atoms with van der Waals surface area (Å²) < 4.78 is 93.8. The van der Waals surface area contributed by atoms with Crippen molar-refractivity contribution in [1.82, 2.24) is 5.32 Å². The first kappa shape index (κ1) is 33.9. The van der Waals surface area contributed by atoms with Crippen molar-refractivity contribution in [1.29, 1.82) is 5.26 Å². The summed E-state index contributed by atoms with van der Waals surface area (Å²) in [6.45, 7) is -1.34. The molecule has 240 valence electrons. The number of nitrogens with one attached hydrogen (secondary N) is 1. The van der Waals surface area contributed by atoms with Crippen molar-refractivity contribution in [3.8, 4) is 6.07 Å². The zero-order valence-corrected chi connectivity index (χ0v) is 25.1. The molecular weight excluding hydrogens is 617 g/mol. The van der Waals surface area contributed by atoms with E-state index >= 15 is 0 Å². The number of benzene rings is 3. The van der Waals surface area contributed by atoms with Gasteiger partial charge in [-0.25, -0.2) is 8.42 Å². The average Bonchev–Trinajstić information content (AvgIpc) is 3.03. The summed E-state index contributed by atoms with van der Waals surface area (Å²) in [6.07, 6.45) is -3.51. The van der Waals surface area contributed by atoms with Crippen LogP contribution in [0.2, 0.25) is 0 Å². The Labute approximate surface area is 258 Å². The number of hydrogen-bond acceptors (Lipinski definition) is 6. The standard InChI is InChI=1S/C32H32F5N3O4S/c1-2-45(42,43)28-15-8-22(9-16-28)29(17-18-38)39-30(41)23-5-12-26(13-6-23)40-19-24(7-14-27(40)20-44-31(33)34)21-3-10-25(11-4-21)32(35,36)37/h3-6,8-13,15-16,24,27,29,31H,2,7,14,17,19-20H2,1H3,(H,39,41)/t24?,27-,29-/m0/s1. The van der Waals surface area contributed by atoms with Crippen LogP contribution in [0.4, 0.5) is 27.6 Å². The summed E-state index contributed by atoms with van der Waals surface area (Å²) >= 11 is 0. The summed E-state index contributed by atoms with van der Waals surface area (Å²) in [5.41, 5.74) is 1.38. The van der Waals surface area contributed by atoms with Crippen LogP contribution >= 0.6 is 0 Å². The zero-order valence-electron chi connectivity index (χ0n) is 24.3. The fourth-order valence-electron chi connectivity index (χ4n) is 5.38. The van der Waals surface area contributed by atoms with Gasteiger partial charge < -0.3 is 15.0 Å². The largest absolute Gasteiger partial charge is 0.416 e. The first-order valence-corrected chi connectivity index (χ1v) is 15.9. The van der Waals surface area contributed by atoms with Gasteiger partial charge in [0.05, 0.1) is 47.4 Å². The van der Waals surface area contributed by atoms with Crippen LogP contribution in [0.3, 0.4) is 0 Å². The van der Waals surface area contributed by atoms with Crippen LogP contribution in [0, 0.1) is 11.3 Å². The van der Waals surface area contributed by atoms with Crippen LogP contribution in [-0.4, -0.2) is 45.9 Å². The van der Waals surface area contributed by atoms with Gasteiger partial charge in [0, 0.05) is 23.7 Å². The molecule has 1 heterocycles. The fraction of sp³-hybridized carbons (Fsp3) is 0.375. The highest BCUT2D eigenvalue weighted by Gasteiger charge is 2.33. The van der Waals surface area contributed by atoms with Gasteiger partial charge >= 0.3 is 12.8 Å². The Balaban J connectivity index is 1.51. The molecule has 1 saturated heterocycles. The van der Waals surface area contributed by atoms with E-state index in [4.69, 9.17) is 0 Å². The number of piperidine rings is 1. The number of ether oxygens (including phenoxy) is 1. The molecule has 3 aromatic rings. The summed E-state index contributed by atoms with van der Waals surface area (Å²) in [6, 6.07) is 18.2. The summed E-state index contributed by atoms with van der Waals surface area (Å²) in [4.78, 5) is 15.1. The molecule has 0 aliphatic carbocycles. The van der Waals surface area contributed by atoms with Gasteiger partial charge in [-0.05, 0) is 72.5 Å². The van der Waals surface area contributed by atoms with Gasteiger partial charge in [-0.1, -0.05) is 31.2 Å². The molecule has 1 N–H and O–H groups in total. The Hall–Kier alpha value is -4.02. The second kappa shape index (κ2) is 14.4. The van der Waals surface area contributed by atoms with Crippen LogP contribution < -0.4 is 10.2 Å². The van der Waals surface area contributed by atoms with E-state index in [0.29, 0.717) is 36.2 Å². The van der Waals surface area contributed by atoms with Crippen LogP contribution in [-0.2, 0) is 20.8 Å². The second-order valence-corrected chi connectivity index (χ2v) is 13.0. The molecule has 4 rings (SSSR count). The minimum absolute atomic E-state index is 0.0609. The lowest BCUT2D eigenvalue weighted by atomic mass is 9.86. The Kier molecular flexibility index (Phi) is 10.8. The number of carbonyl (C=O) groups is 1. The van der Waals surface area contributed by atoms with Gasteiger partial charge in [0.1, 0.15) is 0 Å². The number of halogens is 5. The Morgan fingerprint density at radius 3 is 2.22 bits per heavy atom. The molecule has 0 saturated carbocycles. The molecule has 0 bridgehead atoms. The van der Waals surface area contributed by atoms with Crippen LogP contribution in [0.1, 0.15) is 65.2 Å². The monoisotopic (exact) mass is 649 g/mol. The molecule has 13 heteroatoms. The molecule has 3 atom stereocenters. The first-order chi connectivity index (χ1) is 21.3. The third-order valence-electron chi connectivity index (χ3n) is 7.91. The number of rotatable bonds is 11. The highest BCUT2D eigenvalue weighted by molar-refractivity contribution is 7.91. The number of carbonyl (C=O) groups excluding carboxylic acids is 1. The van der Waals surface area contributed by atoms with Crippen molar-refractivity contribution in [3.63, 3.8) is 0 Å². The molecule has 45 heavy (non-hydrogen) atoms. The highest BCUT2D eigenvalue weighted by Crippen LogP contribution is 2.36. The number of hydrogen-bond donors (Lipinski definition) is 1. The number of nitriles is 1. The summed E-state index contributed by atoms with van der Waals surface area (Å²) in [5, 5.41) is 12.1. The lowest BCUT2D eigenvalue weighted by molar-refractivity contribution is -0.137. The molecular formula is C32H32F5N3O4S. The van der Waals surface area contributed by atoms with E-state index in [1.165, 1.54) is 31.2 Å². The number of anilines is 1. The molecule has 7 nitrogen and oxygen atoms in total. The normalized spacial score (nSPS) is 18.0. The number of amides is 1. The van der Waals surface area contributed by atoms with Crippen molar-refractivity contribution in [2.45, 2.75) is 61.9 Å². The average molecular weight is 650 g/mol. The van der Waals surface area contributed by atoms with E-state index in [2.05, 4.69) is 10.1 Å². The topological polar surface area (TPSA) is 99.5 Å². The number of alkyl halides is 5. The van der Waals surface area contributed by atoms with E-state index in [9.17, 15) is 40.4 Å². The maximum atomic E-state index is 13.1. The minimum atomic E-state index is -4.46. The molecule has 1 fully saturated rings. The molecule has 0 radical (unpaired) electrons. The van der Waals surface area contributed by atoms with E-state index in [1.807, 2.05) is 11.0 Å².